The molecule has 1 aromatic heterocycles. The summed E-state index contributed by atoms with van der Waals surface area (Å²) in [7, 11) is 2.13. The second kappa shape index (κ2) is 8.08. The molecule has 0 bridgehead atoms. The Hall–Kier alpha value is -1.69. The maximum atomic E-state index is 12.5. The number of hydrogen-bond donors (Lipinski definition) is 0. The van der Waals surface area contributed by atoms with E-state index >= 15 is 0 Å². The van der Waals surface area contributed by atoms with Gasteiger partial charge < -0.3 is 14.7 Å². The molecule has 0 radical (unpaired) electrons. The maximum absolute atomic E-state index is 12.5. The van der Waals surface area contributed by atoms with Crippen LogP contribution in [-0.4, -0.2) is 72.2 Å². The highest BCUT2D eigenvalue weighted by Gasteiger charge is 2.19. The van der Waals surface area contributed by atoms with Crippen molar-refractivity contribution in [1.29, 1.82) is 0 Å². The van der Waals surface area contributed by atoms with E-state index < -0.39 is 0 Å². The SMILES string of the molecule is CCCN(CCC)C(=O)c1ccc(N2CCN(C)CC2)nn1. The number of carbonyl (C=O) groups excluding carboxylic acids is 1. The Bertz CT molecular complexity index is 462. The van der Waals surface area contributed by atoms with Crippen LogP contribution < -0.4 is 4.90 Å². The average molecular weight is 305 g/mol. The minimum atomic E-state index is -0.0128. The van der Waals surface area contributed by atoms with Gasteiger partial charge in [-0.1, -0.05) is 13.8 Å². The standard InChI is InChI=1S/C16H27N5O/c1-4-8-21(9-5-2)16(22)14-6-7-15(18-17-14)20-12-10-19(3)11-13-20/h6-7H,4-5,8-13H2,1-3H3. The number of rotatable bonds is 6. The van der Waals surface area contributed by atoms with Gasteiger partial charge in [0.1, 0.15) is 0 Å². The average Bonchev–Trinajstić information content (AvgIpc) is 2.55. The molecule has 0 unspecified atom stereocenters. The van der Waals surface area contributed by atoms with Crippen LogP contribution in [0.3, 0.4) is 0 Å². The molecule has 0 N–H and O–H groups in total. The Morgan fingerprint density at radius 1 is 1.09 bits per heavy atom. The van der Waals surface area contributed by atoms with Crippen LogP contribution in [0.4, 0.5) is 5.82 Å². The summed E-state index contributed by atoms with van der Waals surface area (Å²) in [5, 5.41) is 8.42. The first kappa shape index (κ1) is 16.7. The van der Waals surface area contributed by atoms with Crippen LogP contribution in [0.15, 0.2) is 12.1 Å². The zero-order valence-electron chi connectivity index (χ0n) is 14.0. The number of carbonyl (C=O) groups is 1. The lowest BCUT2D eigenvalue weighted by Gasteiger charge is -2.32. The Morgan fingerprint density at radius 3 is 2.23 bits per heavy atom. The third-order valence-corrected chi connectivity index (χ3v) is 3.97. The molecule has 2 heterocycles. The number of likely N-dealkylation sites (N-methyl/N-ethyl adjacent to an activating group) is 1. The molecule has 1 aromatic rings. The highest BCUT2D eigenvalue weighted by molar-refractivity contribution is 5.92. The maximum Gasteiger partial charge on any atom is 0.274 e. The van der Waals surface area contributed by atoms with E-state index in [4.69, 9.17) is 0 Å². The van der Waals surface area contributed by atoms with Gasteiger partial charge in [-0.3, -0.25) is 4.79 Å². The van der Waals surface area contributed by atoms with E-state index in [1.807, 2.05) is 11.0 Å². The number of aromatic nitrogens is 2. The fraction of sp³-hybridized carbons (Fsp3) is 0.688. The lowest BCUT2D eigenvalue weighted by molar-refractivity contribution is 0.0748. The Labute approximate surface area is 133 Å². The first-order chi connectivity index (χ1) is 10.7. The van der Waals surface area contributed by atoms with Crippen molar-refractivity contribution in [3.63, 3.8) is 0 Å². The van der Waals surface area contributed by atoms with E-state index in [0.717, 1.165) is 57.9 Å². The zero-order chi connectivity index (χ0) is 15.9. The summed E-state index contributed by atoms with van der Waals surface area (Å²) in [4.78, 5) is 18.8. The third kappa shape index (κ3) is 4.16. The van der Waals surface area contributed by atoms with Crippen LogP contribution in [0.5, 0.6) is 0 Å². The number of piperazine rings is 1. The highest BCUT2D eigenvalue weighted by Crippen LogP contribution is 2.13. The molecular formula is C16H27N5O. The molecule has 2 rings (SSSR count). The van der Waals surface area contributed by atoms with E-state index in [-0.39, 0.29) is 5.91 Å². The smallest absolute Gasteiger partial charge is 0.274 e. The van der Waals surface area contributed by atoms with Gasteiger partial charge in [-0.2, -0.15) is 0 Å². The Balaban J connectivity index is 2.02. The molecule has 1 saturated heterocycles. The molecule has 6 nitrogen and oxygen atoms in total. The van der Waals surface area contributed by atoms with Crippen LogP contribution in [0, 0.1) is 0 Å². The van der Waals surface area contributed by atoms with E-state index in [1.165, 1.54) is 0 Å². The molecule has 1 aliphatic rings. The first-order valence-electron chi connectivity index (χ1n) is 8.22. The fourth-order valence-corrected chi connectivity index (χ4v) is 2.66. The molecule has 22 heavy (non-hydrogen) atoms. The molecule has 122 valence electrons. The minimum Gasteiger partial charge on any atom is -0.353 e. The van der Waals surface area contributed by atoms with Crippen molar-refractivity contribution in [2.45, 2.75) is 26.7 Å². The van der Waals surface area contributed by atoms with Crippen molar-refractivity contribution in [3.8, 4) is 0 Å². The summed E-state index contributed by atoms with van der Waals surface area (Å²) < 4.78 is 0. The van der Waals surface area contributed by atoms with Gasteiger partial charge in [-0.25, -0.2) is 0 Å². The second-order valence-corrected chi connectivity index (χ2v) is 5.86. The number of amides is 1. The summed E-state index contributed by atoms with van der Waals surface area (Å²) in [6.07, 6.45) is 1.91. The molecular weight excluding hydrogens is 278 g/mol. The van der Waals surface area contributed by atoms with Gasteiger partial charge >= 0.3 is 0 Å². The lowest BCUT2D eigenvalue weighted by atomic mass is 10.2. The van der Waals surface area contributed by atoms with Crippen molar-refractivity contribution in [3.05, 3.63) is 17.8 Å². The Morgan fingerprint density at radius 2 is 1.73 bits per heavy atom. The summed E-state index contributed by atoms with van der Waals surface area (Å²) in [6, 6.07) is 3.73. The summed E-state index contributed by atoms with van der Waals surface area (Å²) in [5.74, 6) is 0.850. The van der Waals surface area contributed by atoms with Gasteiger partial charge in [0, 0.05) is 39.3 Å². The summed E-state index contributed by atoms with van der Waals surface area (Å²) >= 11 is 0. The number of anilines is 1. The summed E-state index contributed by atoms with van der Waals surface area (Å²) in [5.41, 5.74) is 0.444. The molecule has 1 aliphatic heterocycles. The van der Waals surface area contributed by atoms with Gasteiger partial charge in [0.25, 0.3) is 5.91 Å². The van der Waals surface area contributed by atoms with Crippen LogP contribution >= 0.6 is 0 Å². The molecule has 0 saturated carbocycles. The van der Waals surface area contributed by atoms with Crippen molar-refractivity contribution in [2.75, 3.05) is 51.2 Å². The lowest BCUT2D eigenvalue weighted by Crippen LogP contribution is -2.45. The van der Waals surface area contributed by atoms with Crippen LogP contribution in [0.2, 0.25) is 0 Å². The first-order valence-corrected chi connectivity index (χ1v) is 8.22. The zero-order valence-corrected chi connectivity index (χ0v) is 14.0. The summed E-state index contributed by atoms with van der Waals surface area (Å²) in [6.45, 7) is 9.68. The van der Waals surface area contributed by atoms with E-state index in [1.54, 1.807) is 6.07 Å². The largest absolute Gasteiger partial charge is 0.353 e. The molecule has 1 fully saturated rings. The van der Waals surface area contributed by atoms with Crippen molar-refractivity contribution in [2.24, 2.45) is 0 Å². The van der Waals surface area contributed by atoms with Gasteiger partial charge in [-0.15, -0.1) is 10.2 Å². The van der Waals surface area contributed by atoms with Crippen LogP contribution in [-0.2, 0) is 0 Å². The third-order valence-electron chi connectivity index (χ3n) is 3.97. The van der Waals surface area contributed by atoms with Gasteiger partial charge in [0.2, 0.25) is 0 Å². The van der Waals surface area contributed by atoms with Gasteiger partial charge in [-0.05, 0) is 32.0 Å². The molecule has 0 spiro atoms. The molecule has 0 aromatic carbocycles. The molecule has 0 aliphatic carbocycles. The van der Waals surface area contributed by atoms with Crippen LogP contribution in [0.1, 0.15) is 37.2 Å². The fourth-order valence-electron chi connectivity index (χ4n) is 2.66. The quantitative estimate of drug-likeness (QED) is 0.797. The molecule has 6 heteroatoms. The van der Waals surface area contributed by atoms with Gasteiger partial charge in [0.15, 0.2) is 11.5 Å². The predicted molar refractivity (Wildman–Crippen MR) is 88.2 cm³/mol. The van der Waals surface area contributed by atoms with E-state index in [9.17, 15) is 4.79 Å². The monoisotopic (exact) mass is 305 g/mol. The van der Waals surface area contributed by atoms with Crippen molar-refractivity contribution < 1.29 is 4.79 Å². The topological polar surface area (TPSA) is 52.6 Å². The highest BCUT2D eigenvalue weighted by atomic mass is 16.2. The van der Waals surface area contributed by atoms with E-state index in [0.29, 0.717) is 5.69 Å². The van der Waals surface area contributed by atoms with E-state index in [2.05, 4.69) is 40.9 Å². The van der Waals surface area contributed by atoms with Gasteiger partial charge in [0.05, 0.1) is 0 Å². The Kier molecular flexibility index (Phi) is 6.12. The van der Waals surface area contributed by atoms with Crippen LogP contribution in [0.25, 0.3) is 0 Å². The number of nitrogens with zero attached hydrogens (tertiary/aromatic N) is 5. The van der Waals surface area contributed by atoms with Crippen molar-refractivity contribution in [1.82, 2.24) is 20.0 Å². The minimum absolute atomic E-state index is 0.0128. The predicted octanol–water partition coefficient (Wildman–Crippen LogP) is 1.49. The normalized spacial score (nSPS) is 15.9. The molecule has 1 amide bonds. The second-order valence-electron chi connectivity index (χ2n) is 5.86. The molecule has 0 atom stereocenters. The number of hydrogen-bond acceptors (Lipinski definition) is 5. The van der Waals surface area contributed by atoms with Crippen molar-refractivity contribution >= 4 is 11.7 Å².